The van der Waals surface area contributed by atoms with E-state index in [-0.39, 0.29) is 5.82 Å². The quantitative estimate of drug-likeness (QED) is 0.669. The average Bonchev–Trinajstić information content (AvgIpc) is 3.00. The molecular formula is C14H7Cl2F3N4. The lowest BCUT2D eigenvalue weighted by Crippen LogP contribution is -2.05. The van der Waals surface area contributed by atoms with E-state index in [2.05, 4.69) is 15.0 Å². The Labute approximate surface area is 138 Å². The van der Waals surface area contributed by atoms with Gasteiger partial charge >= 0.3 is 6.18 Å². The van der Waals surface area contributed by atoms with Crippen molar-refractivity contribution in [1.82, 2.24) is 19.5 Å². The average molecular weight is 359 g/mol. The van der Waals surface area contributed by atoms with Crippen molar-refractivity contribution < 1.29 is 13.2 Å². The van der Waals surface area contributed by atoms with Crippen LogP contribution in [0.25, 0.3) is 17.1 Å². The summed E-state index contributed by atoms with van der Waals surface area (Å²) in [5, 5.41) is 0.750. The molecule has 118 valence electrons. The molecule has 0 aliphatic heterocycles. The molecule has 2 heterocycles. The van der Waals surface area contributed by atoms with E-state index in [4.69, 9.17) is 23.2 Å². The monoisotopic (exact) mass is 358 g/mol. The summed E-state index contributed by atoms with van der Waals surface area (Å²) >= 11 is 11.8. The standard InChI is InChI=1S/C14H7Cl2F3N4/c15-9-2-1-8(3-10(9)16)11-4-13(21-6-20-11)23-5-12(22-7-23)14(17,18)19/h1-7H. The molecule has 0 amide bonds. The molecule has 0 aliphatic carbocycles. The minimum Gasteiger partial charge on any atom is -0.290 e. The van der Waals surface area contributed by atoms with Gasteiger partial charge in [-0.15, -0.1) is 0 Å². The fourth-order valence-corrected chi connectivity index (χ4v) is 2.19. The molecule has 0 atom stereocenters. The molecule has 23 heavy (non-hydrogen) atoms. The summed E-state index contributed by atoms with van der Waals surface area (Å²) in [5.41, 5.74) is 0.169. The van der Waals surface area contributed by atoms with Crippen molar-refractivity contribution >= 4 is 23.2 Å². The van der Waals surface area contributed by atoms with Gasteiger partial charge in [0.25, 0.3) is 0 Å². The SMILES string of the molecule is FC(F)(F)c1cn(-c2cc(-c3ccc(Cl)c(Cl)c3)ncn2)cn1. The van der Waals surface area contributed by atoms with E-state index in [0.717, 1.165) is 12.5 Å². The zero-order valence-corrected chi connectivity index (χ0v) is 12.7. The fraction of sp³-hybridized carbons (Fsp3) is 0.0714. The molecule has 0 N–H and O–H groups in total. The first-order valence-corrected chi connectivity index (χ1v) is 6.99. The third-order valence-corrected chi connectivity index (χ3v) is 3.74. The van der Waals surface area contributed by atoms with Crippen LogP contribution < -0.4 is 0 Å². The van der Waals surface area contributed by atoms with Crippen LogP contribution in [0.4, 0.5) is 13.2 Å². The molecule has 1 aromatic carbocycles. The number of rotatable bonds is 2. The molecule has 0 bridgehead atoms. The second-order valence-electron chi connectivity index (χ2n) is 4.55. The summed E-state index contributed by atoms with van der Waals surface area (Å²) in [5.74, 6) is 0.254. The number of alkyl halides is 3. The van der Waals surface area contributed by atoms with Crippen LogP contribution in [0.1, 0.15) is 5.69 Å². The van der Waals surface area contributed by atoms with Crippen LogP contribution in [0.15, 0.2) is 43.1 Å². The van der Waals surface area contributed by atoms with E-state index in [0.29, 0.717) is 21.3 Å². The third-order valence-electron chi connectivity index (χ3n) is 3.01. The Morgan fingerprint density at radius 2 is 1.74 bits per heavy atom. The lowest BCUT2D eigenvalue weighted by molar-refractivity contribution is -0.140. The summed E-state index contributed by atoms with van der Waals surface area (Å²) in [6, 6.07) is 6.46. The van der Waals surface area contributed by atoms with E-state index < -0.39 is 11.9 Å². The van der Waals surface area contributed by atoms with Gasteiger partial charge in [-0.2, -0.15) is 13.2 Å². The number of aromatic nitrogens is 4. The van der Waals surface area contributed by atoms with Gasteiger partial charge in [0.15, 0.2) is 5.69 Å². The van der Waals surface area contributed by atoms with Crippen molar-refractivity contribution in [3.63, 3.8) is 0 Å². The van der Waals surface area contributed by atoms with Gasteiger partial charge in [-0.3, -0.25) is 4.57 Å². The van der Waals surface area contributed by atoms with E-state index in [9.17, 15) is 13.2 Å². The normalized spacial score (nSPS) is 11.7. The van der Waals surface area contributed by atoms with Crippen LogP contribution in [0.3, 0.4) is 0 Å². The van der Waals surface area contributed by atoms with Gasteiger partial charge in [0.1, 0.15) is 18.5 Å². The molecule has 9 heteroatoms. The largest absolute Gasteiger partial charge is 0.434 e. The Morgan fingerprint density at radius 1 is 0.957 bits per heavy atom. The summed E-state index contributed by atoms with van der Waals surface area (Å²) in [4.78, 5) is 11.4. The minimum absolute atomic E-state index is 0.254. The van der Waals surface area contributed by atoms with Gasteiger partial charge in [-0.05, 0) is 12.1 Å². The molecule has 0 spiro atoms. The second kappa shape index (κ2) is 5.82. The predicted molar refractivity (Wildman–Crippen MR) is 79.6 cm³/mol. The minimum atomic E-state index is -4.51. The van der Waals surface area contributed by atoms with Crippen LogP contribution in [0.2, 0.25) is 10.0 Å². The maximum absolute atomic E-state index is 12.6. The number of halogens is 5. The lowest BCUT2D eigenvalue weighted by atomic mass is 10.1. The molecule has 3 aromatic rings. The Bertz CT molecular complexity index is 861. The smallest absolute Gasteiger partial charge is 0.290 e. The summed E-state index contributed by atoms with van der Waals surface area (Å²) in [7, 11) is 0. The first-order chi connectivity index (χ1) is 10.8. The Kier molecular flexibility index (Phi) is 3.99. The highest BCUT2D eigenvalue weighted by atomic mass is 35.5. The second-order valence-corrected chi connectivity index (χ2v) is 5.37. The Balaban J connectivity index is 1.99. The topological polar surface area (TPSA) is 43.6 Å². The zero-order valence-electron chi connectivity index (χ0n) is 11.2. The zero-order chi connectivity index (χ0) is 16.6. The van der Waals surface area contributed by atoms with Gasteiger partial charge < -0.3 is 0 Å². The third kappa shape index (κ3) is 3.30. The molecule has 0 radical (unpaired) electrons. The molecule has 2 aromatic heterocycles. The van der Waals surface area contributed by atoms with Gasteiger partial charge in [0.2, 0.25) is 0 Å². The van der Waals surface area contributed by atoms with Crippen LogP contribution in [0, 0.1) is 0 Å². The number of benzene rings is 1. The van der Waals surface area contributed by atoms with Gasteiger partial charge in [0, 0.05) is 17.8 Å². The van der Waals surface area contributed by atoms with Crippen LogP contribution in [0.5, 0.6) is 0 Å². The highest BCUT2D eigenvalue weighted by Gasteiger charge is 2.33. The molecule has 3 rings (SSSR count). The van der Waals surface area contributed by atoms with Gasteiger partial charge in [0.05, 0.1) is 15.7 Å². The summed E-state index contributed by atoms with van der Waals surface area (Å²) in [6.45, 7) is 0. The van der Waals surface area contributed by atoms with Gasteiger partial charge in [-0.25, -0.2) is 15.0 Å². The number of hydrogen-bond donors (Lipinski definition) is 0. The first kappa shape index (κ1) is 15.8. The maximum atomic E-state index is 12.6. The van der Waals surface area contributed by atoms with Crippen LogP contribution in [-0.2, 0) is 6.18 Å². The molecule has 0 fully saturated rings. The fourth-order valence-electron chi connectivity index (χ4n) is 1.90. The molecule has 0 saturated heterocycles. The van der Waals surface area contributed by atoms with Crippen LogP contribution in [-0.4, -0.2) is 19.5 Å². The molecule has 0 unspecified atom stereocenters. The molecule has 0 saturated carbocycles. The molecule has 4 nitrogen and oxygen atoms in total. The molecule has 0 aliphatic rings. The highest BCUT2D eigenvalue weighted by Crippen LogP contribution is 2.29. The first-order valence-electron chi connectivity index (χ1n) is 6.23. The Morgan fingerprint density at radius 3 is 2.39 bits per heavy atom. The van der Waals surface area contributed by atoms with Crippen molar-refractivity contribution in [2.45, 2.75) is 6.18 Å². The van der Waals surface area contributed by atoms with Crippen molar-refractivity contribution in [2.24, 2.45) is 0 Å². The predicted octanol–water partition coefficient (Wildman–Crippen LogP) is 4.65. The van der Waals surface area contributed by atoms with Crippen molar-refractivity contribution in [3.05, 3.63) is 58.9 Å². The number of hydrogen-bond acceptors (Lipinski definition) is 3. The highest BCUT2D eigenvalue weighted by molar-refractivity contribution is 6.42. The van der Waals surface area contributed by atoms with Crippen molar-refractivity contribution in [1.29, 1.82) is 0 Å². The van der Waals surface area contributed by atoms with Gasteiger partial charge in [-0.1, -0.05) is 29.3 Å². The van der Waals surface area contributed by atoms with E-state index >= 15 is 0 Å². The number of imidazole rings is 1. The van der Waals surface area contributed by atoms with E-state index in [1.54, 1.807) is 18.2 Å². The summed E-state index contributed by atoms with van der Waals surface area (Å²) in [6.07, 6.45) is -1.35. The maximum Gasteiger partial charge on any atom is 0.434 e. The van der Waals surface area contributed by atoms with E-state index in [1.807, 2.05) is 0 Å². The van der Waals surface area contributed by atoms with Crippen molar-refractivity contribution in [2.75, 3.05) is 0 Å². The van der Waals surface area contributed by atoms with E-state index in [1.165, 1.54) is 17.0 Å². The van der Waals surface area contributed by atoms with Crippen LogP contribution >= 0.6 is 23.2 Å². The summed E-state index contributed by atoms with van der Waals surface area (Å²) < 4.78 is 39.0. The lowest BCUT2D eigenvalue weighted by Gasteiger charge is -2.06. The molecular weight excluding hydrogens is 352 g/mol. The number of nitrogens with zero attached hydrogens (tertiary/aromatic N) is 4. The Hall–Kier alpha value is -2.12. The van der Waals surface area contributed by atoms with Crippen molar-refractivity contribution in [3.8, 4) is 17.1 Å².